The Morgan fingerprint density at radius 3 is 2.35 bits per heavy atom. The van der Waals surface area contributed by atoms with Gasteiger partial charge in [-0.1, -0.05) is 94.3 Å². The van der Waals surface area contributed by atoms with Gasteiger partial charge in [0.05, 0.1) is 67.5 Å². The normalized spacial score (nSPS) is 17.8. The minimum absolute atomic E-state index is 0.0157. The number of aromatic amines is 1. The molecule has 0 spiro atoms. The summed E-state index contributed by atoms with van der Waals surface area (Å²) in [4.78, 5) is 74.2. The number of hydrogen-bond donors (Lipinski definition) is 5. The second-order valence-electron chi connectivity index (χ2n) is 19.9. The molecule has 2 aromatic carbocycles. The minimum atomic E-state index is -0.964. The van der Waals surface area contributed by atoms with Crippen LogP contribution in [0.25, 0.3) is 21.3 Å². The van der Waals surface area contributed by atoms with Crippen LogP contribution in [0.2, 0.25) is 0 Å². The molecule has 5 aromatic rings. The number of nitrogens with zero attached hydrogens (tertiary/aromatic N) is 5. The second kappa shape index (κ2) is 26.1. The summed E-state index contributed by atoms with van der Waals surface area (Å²) in [6, 6.07) is 14.1. The molecule has 0 bridgehead atoms. The van der Waals surface area contributed by atoms with Gasteiger partial charge in [-0.05, 0) is 54.9 Å². The van der Waals surface area contributed by atoms with Crippen molar-refractivity contribution in [2.45, 2.75) is 104 Å². The van der Waals surface area contributed by atoms with E-state index in [9.17, 15) is 24.3 Å². The van der Waals surface area contributed by atoms with Crippen LogP contribution >= 0.6 is 22.7 Å². The number of likely N-dealkylation sites (tertiary alicyclic amines) is 1. The molecule has 2 aliphatic heterocycles. The third-order valence-electron chi connectivity index (χ3n) is 13.3. The number of β-amino-alcohol motifs (C(OH)–C–C–N with tert-alkyl or cyclic N) is 1. The molecule has 2 unspecified atom stereocenters. The number of fused-ring (bicyclic) bond motifs is 1. The van der Waals surface area contributed by atoms with Crippen LogP contribution in [0.15, 0.2) is 66.4 Å². The quantitative estimate of drug-likeness (QED) is 0.0420. The highest BCUT2D eigenvalue weighted by molar-refractivity contribution is 7.17. The molecule has 2 saturated heterocycles. The zero-order valence-corrected chi connectivity index (χ0v) is 44.2. The van der Waals surface area contributed by atoms with E-state index in [0.29, 0.717) is 24.7 Å². The Kier molecular flexibility index (Phi) is 19.7. The van der Waals surface area contributed by atoms with E-state index in [-0.39, 0.29) is 56.7 Å². The molecule has 4 amide bonds. The largest absolute Gasteiger partial charge is 0.391 e. The summed E-state index contributed by atoms with van der Waals surface area (Å²) in [6.07, 6.45) is 6.79. The fraction of sp³-hybridized carbons (Fsp3) is 0.547. The Hall–Kier alpha value is -5.28. The van der Waals surface area contributed by atoms with Crippen LogP contribution in [0.1, 0.15) is 92.8 Å². The molecule has 19 heteroatoms. The number of piperazine rings is 1. The predicted molar refractivity (Wildman–Crippen MR) is 282 cm³/mol. The fourth-order valence-electron chi connectivity index (χ4n) is 9.19. The van der Waals surface area contributed by atoms with E-state index in [0.717, 1.165) is 90.8 Å². The molecule has 390 valence electrons. The van der Waals surface area contributed by atoms with Gasteiger partial charge >= 0.3 is 0 Å². The maximum Gasteiger partial charge on any atom is 0.263 e. The van der Waals surface area contributed by atoms with Crippen molar-refractivity contribution in [2.75, 3.05) is 83.8 Å². The first kappa shape index (κ1) is 54.5. The standard InChI is InChI=1S/C53H73N9O8S2/c1-7-8-11-40(28-39-30-54-43-13-10-9-12-42(39)43)58-50(66)45-31-55-52(72-45)61-20-18-60(19-21-61)22-23-68-24-25-69-26-27-70-33-46(64)59-48(53(4,5)6)51(67)62-32-41(63)29-44(62)49(65)57-35(2)37-14-16-38(17-15-37)47-36(3)56-34-71-47/h9-10,12-17,30-31,34-35,40-41,44,48,54,63H,7-8,11,18-29,32-33H2,1-6H3,(H,57,65)(H,58,66)(H,59,64)/t35-,40?,41+,44-,48?/m0/s1. The number of aromatic nitrogens is 3. The van der Waals surface area contributed by atoms with E-state index >= 15 is 0 Å². The molecular weight excluding hydrogens is 955 g/mol. The molecule has 3 aromatic heterocycles. The van der Waals surface area contributed by atoms with Gasteiger partial charge in [0.25, 0.3) is 5.91 Å². The van der Waals surface area contributed by atoms with Gasteiger partial charge in [0, 0.05) is 68.8 Å². The zero-order chi connectivity index (χ0) is 51.2. The summed E-state index contributed by atoms with van der Waals surface area (Å²) < 4.78 is 17.1. The summed E-state index contributed by atoms with van der Waals surface area (Å²) in [7, 11) is 0. The van der Waals surface area contributed by atoms with E-state index < -0.39 is 35.4 Å². The lowest BCUT2D eigenvalue weighted by Crippen LogP contribution is -2.58. The van der Waals surface area contributed by atoms with Crippen molar-refractivity contribution in [1.29, 1.82) is 0 Å². The van der Waals surface area contributed by atoms with Crippen molar-refractivity contribution in [3.05, 3.63) is 88.1 Å². The molecule has 0 aliphatic carbocycles. The number of unbranched alkanes of at least 4 members (excludes halogenated alkanes) is 1. The summed E-state index contributed by atoms with van der Waals surface area (Å²) >= 11 is 3.02. The van der Waals surface area contributed by atoms with Gasteiger partial charge in [0.1, 0.15) is 23.6 Å². The highest BCUT2D eigenvalue weighted by Crippen LogP contribution is 2.30. The van der Waals surface area contributed by atoms with Gasteiger partial charge < -0.3 is 50.1 Å². The van der Waals surface area contributed by atoms with Crippen LogP contribution in [0.3, 0.4) is 0 Å². The van der Waals surface area contributed by atoms with E-state index in [1.54, 1.807) is 17.5 Å². The topological polar surface area (TPSA) is 204 Å². The van der Waals surface area contributed by atoms with Gasteiger partial charge in [-0.25, -0.2) is 9.97 Å². The van der Waals surface area contributed by atoms with Crippen molar-refractivity contribution < 1.29 is 38.5 Å². The molecular formula is C53H73N9O8S2. The first-order chi connectivity index (χ1) is 34.7. The Bertz CT molecular complexity index is 2530. The van der Waals surface area contributed by atoms with Gasteiger partial charge in [-0.3, -0.25) is 24.1 Å². The van der Waals surface area contributed by atoms with Crippen LogP contribution in [-0.2, 0) is 35.0 Å². The van der Waals surface area contributed by atoms with Crippen molar-refractivity contribution in [3.8, 4) is 10.4 Å². The summed E-state index contributed by atoms with van der Waals surface area (Å²) in [5.74, 6) is -1.34. The number of carbonyl (C=O) groups excluding carboxylic acids is 4. The number of aliphatic hydroxyl groups is 1. The number of amides is 4. The number of benzene rings is 2. The number of nitrogens with one attached hydrogen (secondary N) is 4. The molecule has 7 rings (SSSR count). The molecule has 2 aliphatic rings. The number of hydrogen-bond acceptors (Lipinski definition) is 14. The average molecular weight is 1030 g/mol. The highest BCUT2D eigenvalue weighted by Gasteiger charge is 2.44. The van der Waals surface area contributed by atoms with Crippen LogP contribution in [0.4, 0.5) is 5.13 Å². The van der Waals surface area contributed by atoms with Crippen LogP contribution in [0.5, 0.6) is 0 Å². The Balaban J connectivity index is 0.746. The smallest absolute Gasteiger partial charge is 0.263 e. The monoisotopic (exact) mass is 1030 g/mol. The lowest BCUT2D eigenvalue weighted by molar-refractivity contribution is -0.144. The van der Waals surface area contributed by atoms with Crippen LogP contribution in [-0.4, -0.2) is 157 Å². The maximum absolute atomic E-state index is 14.0. The minimum Gasteiger partial charge on any atom is -0.391 e. The highest BCUT2D eigenvalue weighted by atomic mass is 32.1. The second-order valence-corrected chi connectivity index (χ2v) is 21.7. The first-order valence-electron chi connectivity index (χ1n) is 25.3. The molecule has 72 heavy (non-hydrogen) atoms. The van der Waals surface area contributed by atoms with Crippen molar-refractivity contribution in [3.63, 3.8) is 0 Å². The van der Waals surface area contributed by atoms with E-state index in [4.69, 9.17) is 14.2 Å². The molecule has 5 atom stereocenters. The number of ether oxygens (including phenoxy) is 3. The van der Waals surface area contributed by atoms with Crippen molar-refractivity contribution in [1.82, 2.24) is 40.7 Å². The molecule has 17 nitrogen and oxygen atoms in total. The van der Waals surface area contributed by atoms with Gasteiger partial charge in [-0.2, -0.15) is 0 Å². The first-order valence-corrected chi connectivity index (χ1v) is 27.0. The third kappa shape index (κ3) is 14.9. The summed E-state index contributed by atoms with van der Waals surface area (Å²) in [6.45, 7) is 17.2. The Labute approximate surface area is 431 Å². The predicted octanol–water partition coefficient (Wildman–Crippen LogP) is 6.13. The molecule has 0 radical (unpaired) electrons. The maximum atomic E-state index is 14.0. The van der Waals surface area contributed by atoms with Crippen LogP contribution in [0, 0.1) is 12.3 Å². The van der Waals surface area contributed by atoms with Crippen molar-refractivity contribution >= 4 is 62.3 Å². The van der Waals surface area contributed by atoms with Gasteiger partial charge in [0.15, 0.2) is 5.13 Å². The SMILES string of the molecule is CCCCC(Cc1c[nH]c2ccccc12)NC(=O)c1cnc(N2CCN(CCOCCOCCOCC(=O)NC(C(=O)N3C[C@H](O)C[C@H]3C(=O)N[C@@H](C)c3ccc(-c4scnc4C)cc3)C(C)(C)C)CC2)s1. The number of aryl methyl sites for hydroxylation is 1. The van der Waals surface area contributed by atoms with E-state index in [2.05, 4.69) is 66.0 Å². The number of rotatable bonds is 25. The third-order valence-corrected chi connectivity index (χ3v) is 15.4. The molecule has 0 saturated carbocycles. The summed E-state index contributed by atoms with van der Waals surface area (Å²) in [5, 5.41) is 21.9. The average Bonchev–Trinajstić information content (AvgIpc) is 4.20. The number of thiazole rings is 2. The van der Waals surface area contributed by atoms with Gasteiger partial charge in [0.2, 0.25) is 17.7 Å². The van der Waals surface area contributed by atoms with Gasteiger partial charge in [-0.15, -0.1) is 11.3 Å². The number of para-hydroxylation sites is 1. The summed E-state index contributed by atoms with van der Waals surface area (Å²) in [5.41, 5.74) is 6.36. The zero-order valence-electron chi connectivity index (χ0n) is 42.6. The Morgan fingerprint density at radius 2 is 1.64 bits per heavy atom. The number of carbonyl (C=O) groups is 4. The fourth-order valence-corrected chi connectivity index (χ4v) is 10.9. The number of anilines is 1. The van der Waals surface area contributed by atoms with E-state index in [1.807, 2.05) is 76.5 Å². The lowest BCUT2D eigenvalue weighted by atomic mass is 9.85. The lowest BCUT2D eigenvalue weighted by Gasteiger charge is -2.35. The van der Waals surface area contributed by atoms with E-state index in [1.165, 1.54) is 27.2 Å². The molecule has 2 fully saturated rings. The number of H-pyrrole nitrogens is 1. The Morgan fingerprint density at radius 1 is 0.917 bits per heavy atom. The number of aliphatic hydroxyl groups excluding tert-OH is 1. The molecule has 5 N–H and O–H groups in total. The van der Waals surface area contributed by atoms with Crippen LogP contribution < -0.4 is 20.9 Å². The molecule has 5 heterocycles. The van der Waals surface area contributed by atoms with Crippen molar-refractivity contribution in [2.24, 2.45) is 5.41 Å².